The van der Waals surface area contributed by atoms with Gasteiger partial charge in [-0.05, 0) is 29.8 Å². The highest BCUT2D eigenvalue weighted by Gasteiger charge is 2.02. The second-order valence-electron chi connectivity index (χ2n) is 3.52. The highest BCUT2D eigenvalue weighted by atomic mass is 16.5. The molecule has 2 aromatic rings. The van der Waals surface area contributed by atoms with Crippen LogP contribution in [-0.2, 0) is 13.2 Å². The van der Waals surface area contributed by atoms with Crippen LogP contribution in [0.4, 0.5) is 0 Å². The summed E-state index contributed by atoms with van der Waals surface area (Å²) in [6.07, 6.45) is 0.649. The maximum absolute atomic E-state index is 10.4. The van der Waals surface area contributed by atoms with Crippen LogP contribution in [0.5, 0.6) is 5.75 Å². The molecule has 1 N–H and O–H groups in total. The van der Waals surface area contributed by atoms with Crippen LogP contribution < -0.4 is 4.74 Å². The predicted molar refractivity (Wildman–Crippen MR) is 60.8 cm³/mol. The lowest BCUT2D eigenvalue weighted by Crippen LogP contribution is -1.94. The molecular formula is C13H12O4. The fraction of sp³-hybridized carbons (Fsp3) is 0.154. The Balaban J connectivity index is 1.99. The van der Waals surface area contributed by atoms with Gasteiger partial charge in [0.2, 0.25) is 0 Å². The third-order valence-electron chi connectivity index (χ3n) is 2.26. The minimum absolute atomic E-state index is 0.0206. The zero-order valence-corrected chi connectivity index (χ0v) is 9.13. The number of furan rings is 1. The summed E-state index contributed by atoms with van der Waals surface area (Å²) in [5, 5.41) is 8.97. The van der Waals surface area contributed by atoms with Crippen LogP contribution in [0, 0.1) is 0 Å². The van der Waals surface area contributed by atoms with E-state index < -0.39 is 0 Å². The van der Waals surface area contributed by atoms with Crippen LogP contribution in [-0.4, -0.2) is 11.4 Å². The Morgan fingerprint density at radius 1 is 1.29 bits per heavy atom. The molecule has 17 heavy (non-hydrogen) atoms. The Labute approximate surface area is 98.4 Å². The van der Waals surface area contributed by atoms with Crippen molar-refractivity contribution < 1.29 is 19.1 Å². The molecular weight excluding hydrogens is 220 g/mol. The first kappa shape index (κ1) is 11.4. The third kappa shape index (κ3) is 2.95. The summed E-state index contributed by atoms with van der Waals surface area (Å²) >= 11 is 0. The highest BCUT2D eigenvalue weighted by Crippen LogP contribution is 2.16. The van der Waals surface area contributed by atoms with E-state index in [0.717, 1.165) is 5.56 Å². The molecule has 0 radical (unpaired) electrons. The van der Waals surface area contributed by atoms with Gasteiger partial charge >= 0.3 is 0 Å². The maximum Gasteiger partial charge on any atom is 0.185 e. The van der Waals surface area contributed by atoms with Crippen LogP contribution in [0.2, 0.25) is 0 Å². The third-order valence-corrected chi connectivity index (χ3v) is 2.26. The van der Waals surface area contributed by atoms with Crippen LogP contribution in [0.3, 0.4) is 0 Å². The number of carbonyl (C=O) groups excluding carboxylic acids is 1. The van der Waals surface area contributed by atoms with Crippen LogP contribution in [0.15, 0.2) is 40.8 Å². The molecule has 0 bridgehead atoms. The number of aliphatic hydroxyl groups is 1. The number of benzene rings is 1. The normalized spacial score (nSPS) is 10.2. The van der Waals surface area contributed by atoms with Gasteiger partial charge in [0, 0.05) is 0 Å². The Bertz CT molecular complexity index is 502. The molecule has 0 aliphatic rings. The highest BCUT2D eigenvalue weighted by molar-refractivity contribution is 5.70. The SMILES string of the molecule is O=Cc1ccc(COc2cccc(CO)c2)o1. The number of carbonyl (C=O) groups is 1. The molecule has 4 nitrogen and oxygen atoms in total. The van der Waals surface area contributed by atoms with Gasteiger partial charge in [0.05, 0.1) is 6.61 Å². The van der Waals surface area contributed by atoms with E-state index in [2.05, 4.69) is 0 Å². The van der Waals surface area contributed by atoms with E-state index >= 15 is 0 Å². The first-order chi connectivity index (χ1) is 8.31. The Hall–Kier alpha value is -2.07. The molecule has 0 atom stereocenters. The van der Waals surface area contributed by atoms with Crippen LogP contribution in [0.1, 0.15) is 21.9 Å². The van der Waals surface area contributed by atoms with Crippen LogP contribution >= 0.6 is 0 Å². The van der Waals surface area contributed by atoms with E-state index in [4.69, 9.17) is 14.3 Å². The van der Waals surface area contributed by atoms with E-state index in [1.807, 2.05) is 6.07 Å². The Morgan fingerprint density at radius 3 is 2.88 bits per heavy atom. The summed E-state index contributed by atoms with van der Waals surface area (Å²) in [5.74, 6) is 1.52. The van der Waals surface area contributed by atoms with Crippen molar-refractivity contribution in [2.24, 2.45) is 0 Å². The number of aldehydes is 1. The molecule has 0 aliphatic heterocycles. The van der Waals surface area contributed by atoms with Crippen molar-refractivity contribution in [3.05, 3.63) is 53.5 Å². The molecule has 1 heterocycles. The molecule has 0 saturated carbocycles. The molecule has 88 valence electrons. The predicted octanol–water partition coefficient (Wildman–Crippen LogP) is 2.16. The lowest BCUT2D eigenvalue weighted by Gasteiger charge is -2.05. The lowest BCUT2D eigenvalue weighted by atomic mass is 10.2. The molecule has 0 aliphatic carbocycles. The minimum atomic E-state index is -0.0206. The summed E-state index contributed by atoms with van der Waals surface area (Å²) in [4.78, 5) is 10.4. The number of aliphatic hydroxyl groups excluding tert-OH is 1. The molecule has 0 unspecified atom stereocenters. The summed E-state index contributed by atoms with van der Waals surface area (Å²) in [6, 6.07) is 10.5. The van der Waals surface area contributed by atoms with Gasteiger partial charge in [-0.1, -0.05) is 12.1 Å². The van der Waals surface area contributed by atoms with Crippen molar-refractivity contribution in [1.29, 1.82) is 0 Å². The van der Waals surface area contributed by atoms with E-state index in [-0.39, 0.29) is 19.0 Å². The average molecular weight is 232 g/mol. The van der Waals surface area contributed by atoms with Gasteiger partial charge in [-0.25, -0.2) is 0 Å². The number of rotatable bonds is 5. The minimum Gasteiger partial charge on any atom is -0.486 e. The van der Waals surface area contributed by atoms with Crippen molar-refractivity contribution in [1.82, 2.24) is 0 Å². The molecule has 4 heteroatoms. The van der Waals surface area contributed by atoms with E-state index in [1.54, 1.807) is 30.3 Å². The van der Waals surface area contributed by atoms with Crippen molar-refractivity contribution in [2.75, 3.05) is 0 Å². The smallest absolute Gasteiger partial charge is 0.185 e. The van der Waals surface area contributed by atoms with Gasteiger partial charge in [-0.3, -0.25) is 4.79 Å². The van der Waals surface area contributed by atoms with Gasteiger partial charge in [-0.15, -0.1) is 0 Å². The summed E-state index contributed by atoms with van der Waals surface area (Å²) in [7, 11) is 0. The van der Waals surface area contributed by atoms with Gasteiger partial charge in [0.25, 0.3) is 0 Å². The average Bonchev–Trinajstić information content (AvgIpc) is 2.84. The standard InChI is InChI=1S/C13H12O4/c14-7-10-2-1-3-11(6-10)16-9-13-5-4-12(8-15)17-13/h1-6,8,14H,7,9H2. The van der Waals surface area contributed by atoms with Gasteiger partial charge in [0.1, 0.15) is 18.1 Å². The van der Waals surface area contributed by atoms with Crippen molar-refractivity contribution in [2.45, 2.75) is 13.2 Å². The zero-order chi connectivity index (χ0) is 12.1. The molecule has 0 saturated heterocycles. The number of ether oxygens (including phenoxy) is 1. The maximum atomic E-state index is 10.4. The molecule has 2 rings (SSSR count). The first-order valence-electron chi connectivity index (χ1n) is 5.18. The number of hydrogen-bond donors (Lipinski definition) is 1. The second kappa shape index (κ2) is 5.32. The molecule has 1 aromatic heterocycles. The fourth-order valence-electron chi connectivity index (χ4n) is 1.42. The van der Waals surface area contributed by atoms with Gasteiger partial charge in [0.15, 0.2) is 12.0 Å². The van der Waals surface area contributed by atoms with Crippen molar-refractivity contribution in [3.63, 3.8) is 0 Å². The largest absolute Gasteiger partial charge is 0.486 e. The summed E-state index contributed by atoms with van der Waals surface area (Å²) < 4.78 is 10.6. The fourth-order valence-corrected chi connectivity index (χ4v) is 1.42. The first-order valence-corrected chi connectivity index (χ1v) is 5.18. The van der Waals surface area contributed by atoms with E-state index in [0.29, 0.717) is 17.8 Å². The van der Waals surface area contributed by atoms with E-state index in [1.165, 1.54) is 0 Å². The molecule has 0 fully saturated rings. The lowest BCUT2D eigenvalue weighted by molar-refractivity contribution is 0.109. The molecule has 1 aromatic carbocycles. The number of hydrogen-bond acceptors (Lipinski definition) is 4. The monoisotopic (exact) mass is 232 g/mol. The van der Waals surface area contributed by atoms with Crippen molar-refractivity contribution >= 4 is 6.29 Å². The van der Waals surface area contributed by atoms with Gasteiger partial charge in [-0.2, -0.15) is 0 Å². The van der Waals surface area contributed by atoms with E-state index in [9.17, 15) is 4.79 Å². The summed E-state index contributed by atoms with van der Waals surface area (Å²) in [5.41, 5.74) is 0.788. The topological polar surface area (TPSA) is 59.7 Å². The second-order valence-corrected chi connectivity index (χ2v) is 3.52. The van der Waals surface area contributed by atoms with Crippen molar-refractivity contribution in [3.8, 4) is 5.75 Å². The Morgan fingerprint density at radius 2 is 2.18 bits per heavy atom. The van der Waals surface area contributed by atoms with Crippen LogP contribution in [0.25, 0.3) is 0 Å². The summed E-state index contributed by atoms with van der Waals surface area (Å²) in [6.45, 7) is 0.232. The Kier molecular flexibility index (Phi) is 3.57. The molecule has 0 spiro atoms. The molecule has 0 amide bonds. The van der Waals surface area contributed by atoms with Gasteiger partial charge < -0.3 is 14.3 Å². The quantitative estimate of drug-likeness (QED) is 0.802. The zero-order valence-electron chi connectivity index (χ0n) is 9.13.